The van der Waals surface area contributed by atoms with E-state index in [2.05, 4.69) is 15.8 Å². The Morgan fingerprint density at radius 2 is 1.88 bits per heavy atom. The van der Waals surface area contributed by atoms with Crippen molar-refractivity contribution in [2.24, 2.45) is 5.10 Å². The third kappa shape index (κ3) is 5.23. The second-order valence-corrected chi connectivity index (χ2v) is 5.58. The number of nitrogens with one attached hydrogen (secondary N) is 2. The zero-order valence-electron chi connectivity index (χ0n) is 12.3. The SMILES string of the molecule is Oc1ccc(/C=N/NC(=S)Nc2cc(C(F)(F)F)ccc2Cl)c(O)c1. The number of thiocarbonyl (C=S) groups is 1. The van der Waals surface area contributed by atoms with Gasteiger partial charge in [0, 0.05) is 11.6 Å². The number of hydrogen-bond donors (Lipinski definition) is 4. The zero-order chi connectivity index (χ0) is 18.6. The molecule has 0 radical (unpaired) electrons. The Kier molecular flexibility index (Phi) is 5.70. The first kappa shape index (κ1) is 18.8. The number of hydrogen-bond acceptors (Lipinski definition) is 4. The maximum absolute atomic E-state index is 12.7. The predicted molar refractivity (Wildman–Crippen MR) is 93.2 cm³/mol. The number of phenolic OH excluding ortho intramolecular Hbond substituents is 2. The van der Waals surface area contributed by atoms with Crippen LogP contribution in [0.1, 0.15) is 11.1 Å². The molecule has 0 saturated heterocycles. The summed E-state index contributed by atoms with van der Waals surface area (Å²) < 4.78 is 38.1. The molecule has 5 nitrogen and oxygen atoms in total. The van der Waals surface area contributed by atoms with Crippen LogP contribution in [0.5, 0.6) is 11.5 Å². The van der Waals surface area contributed by atoms with Crippen LogP contribution in [0.3, 0.4) is 0 Å². The van der Waals surface area contributed by atoms with E-state index in [0.29, 0.717) is 5.56 Å². The van der Waals surface area contributed by atoms with Gasteiger partial charge in [0.05, 0.1) is 22.5 Å². The molecule has 0 aliphatic rings. The van der Waals surface area contributed by atoms with Crippen molar-refractivity contribution < 1.29 is 23.4 Å². The lowest BCUT2D eigenvalue weighted by atomic mass is 10.2. The second kappa shape index (κ2) is 7.58. The molecule has 0 unspecified atom stereocenters. The van der Waals surface area contributed by atoms with Crippen LogP contribution in [0.4, 0.5) is 18.9 Å². The fourth-order valence-corrected chi connectivity index (χ4v) is 2.08. The summed E-state index contributed by atoms with van der Waals surface area (Å²) in [5.41, 5.74) is 1.77. The molecule has 132 valence electrons. The van der Waals surface area contributed by atoms with Crippen LogP contribution in [0.25, 0.3) is 0 Å². The standard InChI is InChI=1S/C15H11ClF3N3O2S/c16-11-4-2-9(15(17,18)19)5-12(11)21-14(25)22-20-7-8-1-3-10(23)6-13(8)24/h1-7,23-24H,(H2,21,22,25)/b20-7+. The van der Waals surface area contributed by atoms with Crippen LogP contribution < -0.4 is 10.7 Å². The van der Waals surface area contributed by atoms with Crippen LogP contribution >= 0.6 is 23.8 Å². The van der Waals surface area contributed by atoms with Crippen molar-refractivity contribution >= 4 is 40.8 Å². The monoisotopic (exact) mass is 389 g/mol. The van der Waals surface area contributed by atoms with Gasteiger partial charge in [0.2, 0.25) is 0 Å². The van der Waals surface area contributed by atoms with E-state index in [1.807, 2.05) is 0 Å². The summed E-state index contributed by atoms with van der Waals surface area (Å²) in [5, 5.41) is 25.0. The summed E-state index contributed by atoms with van der Waals surface area (Å²) in [6.07, 6.45) is -3.29. The highest BCUT2D eigenvalue weighted by molar-refractivity contribution is 7.80. The highest BCUT2D eigenvalue weighted by atomic mass is 35.5. The van der Waals surface area contributed by atoms with Crippen molar-refractivity contribution in [2.75, 3.05) is 5.32 Å². The molecular formula is C15H11ClF3N3O2S. The third-order valence-electron chi connectivity index (χ3n) is 2.93. The van der Waals surface area contributed by atoms with Crippen molar-refractivity contribution in [1.82, 2.24) is 5.43 Å². The predicted octanol–water partition coefficient (Wildman–Crippen LogP) is 4.09. The fourth-order valence-electron chi connectivity index (χ4n) is 1.75. The molecule has 0 aromatic heterocycles. The number of nitrogens with zero attached hydrogens (tertiary/aromatic N) is 1. The maximum Gasteiger partial charge on any atom is 0.416 e. The van der Waals surface area contributed by atoms with Crippen LogP contribution in [-0.2, 0) is 6.18 Å². The number of halogens is 4. The van der Waals surface area contributed by atoms with E-state index in [1.165, 1.54) is 18.3 Å². The van der Waals surface area contributed by atoms with Crippen molar-refractivity contribution in [3.05, 3.63) is 52.5 Å². The summed E-state index contributed by atoms with van der Waals surface area (Å²) in [4.78, 5) is 0. The summed E-state index contributed by atoms with van der Waals surface area (Å²) in [6, 6.07) is 6.67. The number of anilines is 1. The van der Waals surface area contributed by atoms with Gasteiger partial charge >= 0.3 is 6.18 Å². The first-order valence-corrected chi connectivity index (χ1v) is 7.44. The molecule has 0 atom stereocenters. The van der Waals surface area contributed by atoms with Crippen LogP contribution in [-0.4, -0.2) is 21.5 Å². The van der Waals surface area contributed by atoms with Gasteiger partial charge in [-0.1, -0.05) is 11.6 Å². The molecule has 25 heavy (non-hydrogen) atoms. The van der Waals surface area contributed by atoms with E-state index >= 15 is 0 Å². The molecule has 0 amide bonds. The summed E-state index contributed by atoms with van der Waals surface area (Å²) in [5.74, 6) is -0.315. The van der Waals surface area contributed by atoms with Gasteiger partial charge < -0.3 is 15.5 Å². The molecule has 10 heteroatoms. The summed E-state index contributed by atoms with van der Waals surface area (Å²) in [7, 11) is 0. The summed E-state index contributed by atoms with van der Waals surface area (Å²) in [6.45, 7) is 0. The maximum atomic E-state index is 12.7. The number of hydrazone groups is 1. The minimum atomic E-state index is -4.51. The number of phenols is 2. The molecule has 2 aromatic carbocycles. The third-order valence-corrected chi connectivity index (χ3v) is 3.45. The van der Waals surface area contributed by atoms with Gasteiger partial charge in [0.25, 0.3) is 0 Å². The van der Waals surface area contributed by atoms with Crippen LogP contribution in [0.2, 0.25) is 5.02 Å². The number of aromatic hydroxyl groups is 2. The van der Waals surface area contributed by atoms with E-state index in [0.717, 1.165) is 24.3 Å². The normalized spacial score (nSPS) is 11.5. The summed E-state index contributed by atoms with van der Waals surface area (Å²) >= 11 is 10.8. The molecule has 0 saturated carbocycles. The van der Waals surface area contributed by atoms with Gasteiger partial charge in [-0.25, -0.2) is 0 Å². The Morgan fingerprint density at radius 1 is 1.16 bits per heavy atom. The minimum Gasteiger partial charge on any atom is -0.508 e. The van der Waals surface area contributed by atoms with E-state index in [1.54, 1.807) is 0 Å². The quantitative estimate of drug-likeness (QED) is 0.361. The van der Waals surface area contributed by atoms with E-state index < -0.39 is 11.7 Å². The number of alkyl halides is 3. The van der Waals surface area contributed by atoms with Gasteiger partial charge in [0.15, 0.2) is 5.11 Å². The Labute approximate surface area is 150 Å². The van der Waals surface area contributed by atoms with E-state index in [-0.39, 0.29) is 27.3 Å². The number of benzene rings is 2. The van der Waals surface area contributed by atoms with Crippen LogP contribution in [0.15, 0.2) is 41.5 Å². The van der Waals surface area contributed by atoms with Crippen molar-refractivity contribution in [3.8, 4) is 11.5 Å². The molecule has 0 fully saturated rings. The van der Waals surface area contributed by atoms with Crippen molar-refractivity contribution in [1.29, 1.82) is 0 Å². The first-order valence-electron chi connectivity index (χ1n) is 6.65. The smallest absolute Gasteiger partial charge is 0.416 e. The topological polar surface area (TPSA) is 76.9 Å². The Balaban J connectivity index is 2.04. The van der Waals surface area contributed by atoms with Gasteiger partial charge in [-0.05, 0) is 42.5 Å². The van der Waals surface area contributed by atoms with Crippen molar-refractivity contribution in [2.45, 2.75) is 6.18 Å². The second-order valence-electron chi connectivity index (χ2n) is 4.76. The molecule has 0 heterocycles. The number of rotatable bonds is 3. The fraction of sp³-hybridized carbons (Fsp3) is 0.0667. The van der Waals surface area contributed by atoms with E-state index in [9.17, 15) is 23.4 Å². The van der Waals surface area contributed by atoms with Gasteiger partial charge in [0.1, 0.15) is 11.5 Å². The molecule has 0 aliphatic carbocycles. The minimum absolute atomic E-state index is 0.0309. The van der Waals surface area contributed by atoms with Crippen LogP contribution in [0, 0.1) is 0 Å². The molecule has 4 N–H and O–H groups in total. The first-order chi connectivity index (χ1) is 11.7. The molecule has 0 aliphatic heterocycles. The largest absolute Gasteiger partial charge is 0.508 e. The lowest BCUT2D eigenvalue weighted by Crippen LogP contribution is -2.24. The van der Waals surface area contributed by atoms with Gasteiger partial charge in [-0.2, -0.15) is 18.3 Å². The van der Waals surface area contributed by atoms with Gasteiger partial charge in [-0.3, -0.25) is 5.43 Å². The zero-order valence-corrected chi connectivity index (χ0v) is 13.9. The molecule has 2 rings (SSSR count). The molecule has 2 aromatic rings. The Morgan fingerprint density at radius 3 is 2.52 bits per heavy atom. The average Bonchev–Trinajstić information content (AvgIpc) is 2.50. The lowest BCUT2D eigenvalue weighted by molar-refractivity contribution is -0.137. The van der Waals surface area contributed by atoms with Gasteiger partial charge in [-0.15, -0.1) is 0 Å². The highest BCUT2D eigenvalue weighted by Crippen LogP contribution is 2.33. The Bertz CT molecular complexity index is 828. The molecule has 0 bridgehead atoms. The average molecular weight is 390 g/mol. The Hall–Kier alpha value is -2.52. The molecule has 0 spiro atoms. The molecular weight excluding hydrogens is 379 g/mol. The van der Waals surface area contributed by atoms with E-state index in [4.69, 9.17) is 23.8 Å². The van der Waals surface area contributed by atoms with Crippen molar-refractivity contribution in [3.63, 3.8) is 0 Å². The highest BCUT2D eigenvalue weighted by Gasteiger charge is 2.31. The lowest BCUT2D eigenvalue weighted by Gasteiger charge is -2.12.